The third kappa shape index (κ3) is 3.18. The number of amides is 4. The third-order valence-corrected chi connectivity index (χ3v) is 6.92. The van der Waals surface area contributed by atoms with E-state index < -0.39 is 11.3 Å². The van der Waals surface area contributed by atoms with Crippen molar-refractivity contribution in [3.63, 3.8) is 0 Å². The van der Waals surface area contributed by atoms with E-state index in [0.717, 1.165) is 11.3 Å². The van der Waals surface area contributed by atoms with Crippen molar-refractivity contribution < 1.29 is 23.9 Å². The van der Waals surface area contributed by atoms with Gasteiger partial charge in [0.15, 0.2) is 5.79 Å². The van der Waals surface area contributed by atoms with Crippen LogP contribution in [0.4, 0.5) is 10.5 Å². The highest BCUT2D eigenvalue weighted by atomic mass is 16.7. The molecular weight excluding hydrogens is 386 g/mol. The molecule has 8 nitrogen and oxygen atoms in total. The van der Waals surface area contributed by atoms with Crippen molar-refractivity contribution >= 4 is 23.5 Å². The molecule has 3 aliphatic heterocycles. The molecule has 8 heteroatoms. The normalized spacial score (nSPS) is 27.5. The zero-order chi connectivity index (χ0) is 20.9. The Kier molecular flexibility index (Phi) is 4.59. The fraction of sp³-hybridized carbons (Fsp3) is 0.591. The topological polar surface area (TPSA) is 88.2 Å². The number of aryl methyl sites for hydroxylation is 1. The van der Waals surface area contributed by atoms with Gasteiger partial charge < -0.3 is 19.7 Å². The van der Waals surface area contributed by atoms with E-state index in [2.05, 4.69) is 5.32 Å². The Labute approximate surface area is 175 Å². The first-order valence-electron chi connectivity index (χ1n) is 10.7. The molecule has 4 fully saturated rings. The van der Waals surface area contributed by atoms with Gasteiger partial charge in [-0.15, -0.1) is 0 Å². The van der Waals surface area contributed by atoms with Crippen molar-refractivity contribution in [2.45, 2.75) is 50.4 Å². The molecule has 1 aromatic carbocycles. The Hall–Kier alpha value is -2.45. The number of nitrogens with zero attached hydrogens (tertiary/aromatic N) is 2. The van der Waals surface area contributed by atoms with Crippen LogP contribution in [0, 0.1) is 12.8 Å². The first-order valence-corrected chi connectivity index (χ1v) is 10.7. The van der Waals surface area contributed by atoms with E-state index >= 15 is 0 Å². The van der Waals surface area contributed by atoms with Gasteiger partial charge in [-0.05, 0) is 31.9 Å². The van der Waals surface area contributed by atoms with Gasteiger partial charge in [-0.2, -0.15) is 0 Å². The molecule has 4 amide bonds. The van der Waals surface area contributed by atoms with Crippen LogP contribution < -0.4 is 10.2 Å². The van der Waals surface area contributed by atoms with Crippen LogP contribution in [0.3, 0.4) is 0 Å². The Morgan fingerprint density at radius 2 is 1.70 bits per heavy atom. The van der Waals surface area contributed by atoms with Gasteiger partial charge in [0.2, 0.25) is 5.91 Å². The minimum atomic E-state index is -0.864. The maximum Gasteiger partial charge on any atom is 0.325 e. The third-order valence-electron chi connectivity index (χ3n) is 6.92. The molecule has 160 valence electrons. The molecule has 1 unspecified atom stereocenters. The summed E-state index contributed by atoms with van der Waals surface area (Å²) in [6.45, 7) is 3.93. The van der Waals surface area contributed by atoms with Crippen LogP contribution in [0.5, 0.6) is 0 Å². The van der Waals surface area contributed by atoms with Crippen molar-refractivity contribution in [1.29, 1.82) is 0 Å². The van der Waals surface area contributed by atoms with Crippen LogP contribution >= 0.6 is 0 Å². The van der Waals surface area contributed by atoms with Crippen molar-refractivity contribution in [2.24, 2.45) is 5.92 Å². The summed E-state index contributed by atoms with van der Waals surface area (Å²) in [5.41, 5.74) is 1.13. The lowest BCUT2D eigenvalue weighted by molar-refractivity contribution is -0.186. The number of anilines is 1. The molecule has 1 aliphatic carbocycles. The van der Waals surface area contributed by atoms with Crippen molar-refractivity contribution in [1.82, 2.24) is 10.2 Å². The molecule has 3 saturated heterocycles. The molecule has 0 radical (unpaired) electrons. The SMILES string of the molecule is Cc1ccc(N2CC(CN3C(=O)NC4(CCC5(CC4)OCCO5)C3=O)CC2=O)cc1. The summed E-state index contributed by atoms with van der Waals surface area (Å²) >= 11 is 0. The fourth-order valence-electron chi connectivity index (χ4n) is 5.16. The summed E-state index contributed by atoms with van der Waals surface area (Å²) in [7, 11) is 0. The molecule has 0 aromatic heterocycles. The quantitative estimate of drug-likeness (QED) is 0.766. The molecule has 5 rings (SSSR count). The van der Waals surface area contributed by atoms with E-state index in [-0.39, 0.29) is 30.3 Å². The van der Waals surface area contributed by atoms with Crippen molar-refractivity contribution in [3.8, 4) is 0 Å². The summed E-state index contributed by atoms with van der Waals surface area (Å²) in [5, 5.41) is 2.94. The van der Waals surface area contributed by atoms with Crippen LogP contribution in [-0.2, 0) is 19.1 Å². The zero-order valence-electron chi connectivity index (χ0n) is 17.2. The molecule has 2 spiro atoms. The van der Waals surface area contributed by atoms with Gasteiger partial charge in [0, 0.05) is 44.0 Å². The number of imide groups is 1. The number of rotatable bonds is 3. The van der Waals surface area contributed by atoms with Gasteiger partial charge in [0.25, 0.3) is 5.91 Å². The van der Waals surface area contributed by atoms with E-state index in [0.29, 0.717) is 51.9 Å². The number of ether oxygens (including phenoxy) is 2. The summed E-state index contributed by atoms with van der Waals surface area (Å²) < 4.78 is 11.5. The minimum Gasteiger partial charge on any atom is -0.348 e. The first kappa shape index (κ1) is 19.5. The summed E-state index contributed by atoms with van der Waals surface area (Å²) in [5.74, 6) is -0.807. The largest absolute Gasteiger partial charge is 0.348 e. The highest BCUT2D eigenvalue weighted by Gasteiger charge is 2.56. The van der Waals surface area contributed by atoms with E-state index in [4.69, 9.17) is 9.47 Å². The van der Waals surface area contributed by atoms with Crippen LogP contribution in [0.2, 0.25) is 0 Å². The Morgan fingerprint density at radius 3 is 2.37 bits per heavy atom. The van der Waals surface area contributed by atoms with Crippen LogP contribution in [0.15, 0.2) is 24.3 Å². The Bertz CT molecular complexity index is 867. The van der Waals surface area contributed by atoms with E-state index in [1.807, 2.05) is 31.2 Å². The molecule has 0 bridgehead atoms. The highest BCUT2D eigenvalue weighted by molar-refractivity contribution is 6.07. The van der Waals surface area contributed by atoms with Crippen molar-refractivity contribution in [3.05, 3.63) is 29.8 Å². The van der Waals surface area contributed by atoms with E-state index in [1.165, 1.54) is 4.90 Å². The molecular formula is C22H27N3O5. The predicted molar refractivity (Wildman–Crippen MR) is 108 cm³/mol. The lowest BCUT2D eigenvalue weighted by atomic mass is 9.78. The zero-order valence-corrected chi connectivity index (χ0v) is 17.2. The fourth-order valence-corrected chi connectivity index (χ4v) is 5.16. The van der Waals surface area contributed by atoms with Gasteiger partial charge in [-0.25, -0.2) is 4.79 Å². The Balaban J connectivity index is 1.24. The first-order chi connectivity index (χ1) is 14.4. The van der Waals surface area contributed by atoms with Crippen LogP contribution in [-0.4, -0.2) is 60.4 Å². The number of urea groups is 1. The second-order valence-electron chi connectivity index (χ2n) is 8.95. The number of hydrogen-bond acceptors (Lipinski definition) is 5. The smallest absolute Gasteiger partial charge is 0.325 e. The molecule has 30 heavy (non-hydrogen) atoms. The van der Waals surface area contributed by atoms with E-state index in [1.54, 1.807) is 4.90 Å². The van der Waals surface area contributed by atoms with Gasteiger partial charge >= 0.3 is 6.03 Å². The molecule has 1 N–H and O–H groups in total. The average Bonchev–Trinajstić information content (AvgIpc) is 3.40. The second kappa shape index (κ2) is 7.06. The molecule has 4 aliphatic rings. The molecule has 1 atom stereocenters. The number of hydrogen-bond donors (Lipinski definition) is 1. The standard InChI is InChI=1S/C22H27N3O5/c1-15-2-4-17(5-3-15)24-13-16(12-18(24)26)14-25-19(27)21(23-20(25)28)6-8-22(9-7-21)29-10-11-30-22/h2-5,16H,6-14H2,1H3,(H,23,28). The molecule has 1 aromatic rings. The van der Waals surface area contributed by atoms with Gasteiger partial charge in [0.1, 0.15) is 5.54 Å². The number of carbonyl (C=O) groups is 3. The Morgan fingerprint density at radius 1 is 1.03 bits per heavy atom. The van der Waals surface area contributed by atoms with Crippen molar-refractivity contribution in [2.75, 3.05) is 31.2 Å². The monoisotopic (exact) mass is 413 g/mol. The summed E-state index contributed by atoms with van der Waals surface area (Å²) in [6, 6.07) is 7.47. The number of nitrogens with one attached hydrogen (secondary N) is 1. The maximum atomic E-state index is 13.2. The molecule has 3 heterocycles. The van der Waals surface area contributed by atoms with Crippen LogP contribution in [0.25, 0.3) is 0 Å². The lowest BCUT2D eigenvalue weighted by Crippen LogP contribution is -2.53. The van der Waals surface area contributed by atoms with Crippen LogP contribution in [0.1, 0.15) is 37.7 Å². The lowest BCUT2D eigenvalue weighted by Gasteiger charge is -2.39. The average molecular weight is 413 g/mol. The number of carbonyl (C=O) groups excluding carboxylic acids is 3. The van der Waals surface area contributed by atoms with Gasteiger partial charge in [-0.1, -0.05) is 17.7 Å². The second-order valence-corrected chi connectivity index (χ2v) is 8.95. The maximum absolute atomic E-state index is 13.2. The summed E-state index contributed by atoms with van der Waals surface area (Å²) in [4.78, 5) is 41.5. The van der Waals surface area contributed by atoms with Gasteiger partial charge in [-0.3, -0.25) is 14.5 Å². The van der Waals surface area contributed by atoms with E-state index in [9.17, 15) is 14.4 Å². The predicted octanol–water partition coefficient (Wildman–Crippen LogP) is 1.96. The summed E-state index contributed by atoms with van der Waals surface area (Å²) in [6.07, 6.45) is 2.54. The number of benzene rings is 1. The molecule has 1 saturated carbocycles. The minimum absolute atomic E-state index is 0.0285. The highest BCUT2D eigenvalue weighted by Crippen LogP contribution is 2.43. The van der Waals surface area contributed by atoms with Gasteiger partial charge in [0.05, 0.1) is 13.2 Å².